The molecule has 1 unspecified atom stereocenters. The van der Waals surface area contributed by atoms with E-state index in [9.17, 15) is 4.79 Å². The molecule has 5 nitrogen and oxygen atoms in total. The van der Waals surface area contributed by atoms with Gasteiger partial charge < -0.3 is 14.5 Å². The monoisotopic (exact) mass is 286 g/mol. The molecule has 0 saturated heterocycles. The number of oxazole rings is 1. The number of carbonyl (C=O) groups excluding carboxylic acids is 1. The number of aryl methyl sites for hydroxylation is 2. The van der Waals surface area contributed by atoms with Gasteiger partial charge in [-0.3, -0.25) is 4.79 Å². The quantitative estimate of drug-likeness (QED) is 0.613. The van der Waals surface area contributed by atoms with Crippen molar-refractivity contribution in [3.05, 3.63) is 11.5 Å². The molecule has 1 aromatic rings. The van der Waals surface area contributed by atoms with E-state index in [-0.39, 0.29) is 5.97 Å². The molecule has 1 aromatic heterocycles. The minimum absolute atomic E-state index is 0.246. The average Bonchev–Trinajstić information content (AvgIpc) is 2.67. The molecule has 0 saturated carbocycles. The molecule has 0 aromatic carbocycles. The van der Waals surface area contributed by atoms with Crippen molar-refractivity contribution < 1.29 is 13.9 Å². The SMILES string of the molecule is CCNC(C)(CSc1nc(C)c(C)o1)C(=O)OCC. The first-order chi connectivity index (χ1) is 8.92. The summed E-state index contributed by atoms with van der Waals surface area (Å²) in [6, 6.07) is 0. The molecule has 19 heavy (non-hydrogen) atoms. The third kappa shape index (κ3) is 4.24. The van der Waals surface area contributed by atoms with E-state index in [0.717, 1.165) is 11.5 Å². The van der Waals surface area contributed by atoms with Crippen LogP contribution in [0.4, 0.5) is 0 Å². The number of ether oxygens (including phenoxy) is 1. The zero-order valence-electron chi connectivity index (χ0n) is 12.2. The second-order valence-corrected chi connectivity index (χ2v) is 5.42. The first-order valence-electron chi connectivity index (χ1n) is 6.42. The van der Waals surface area contributed by atoms with Crippen molar-refractivity contribution in [2.24, 2.45) is 0 Å². The van der Waals surface area contributed by atoms with Gasteiger partial charge in [-0.25, -0.2) is 4.98 Å². The summed E-state index contributed by atoms with van der Waals surface area (Å²) < 4.78 is 10.6. The largest absolute Gasteiger partial charge is 0.465 e. The fraction of sp³-hybridized carbons (Fsp3) is 0.692. The average molecular weight is 286 g/mol. The molecule has 0 aliphatic carbocycles. The maximum Gasteiger partial charge on any atom is 0.326 e. The van der Waals surface area contributed by atoms with E-state index in [4.69, 9.17) is 9.15 Å². The molecule has 0 spiro atoms. The molecule has 0 aliphatic rings. The lowest BCUT2D eigenvalue weighted by atomic mass is 10.1. The molecule has 0 aliphatic heterocycles. The number of thioether (sulfide) groups is 1. The summed E-state index contributed by atoms with van der Waals surface area (Å²) >= 11 is 1.42. The third-order valence-corrected chi connectivity index (χ3v) is 3.93. The molecule has 6 heteroatoms. The Morgan fingerprint density at radius 3 is 2.63 bits per heavy atom. The number of carbonyl (C=O) groups is 1. The topological polar surface area (TPSA) is 64.4 Å². The van der Waals surface area contributed by atoms with Gasteiger partial charge in [0.05, 0.1) is 12.3 Å². The van der Waals surface area contributed by atoms with Gasteiger partial charge in [0, 0.05) is 5.75 Å². The molecule has 0 fully saturated rings. The summed E-state index contributed by atoms with van der Waals surface area (Å²) in [5, 5.41) is 3.76. The van der Waals surface area contributed by atoms with Crippen LogP contribution in [0.1, 0.15) is 32.2 Å². The highest BCUT2D eigenvalue weighted by Gasteiger charge is 2.34. The molecule has 0 bridgehead atoms. The maximum absolute atomic E-state index is 12.0. The highest BCUT2D eigenvalue weighted by atomic mass is 32.2. The summed E-state index contributed by atoms with van der Waals surface area (Å²) in [6.07, 6.45) is 0. The van der Waals surface area contributed by atoms with Crippen LogP contribution in [0, 0.1) is 13.8 Å². The Balaban J connectivity index is 2.70. The first kappa shape index (κ1) is 16.0. The van der Waals surface area contributed by atoms with Crippen molar-refractivity contribution in [1.29, 1.82) is 0 Å². The minimum atomic E-state index is -0.730. The van der Waals surface area contributed by atoms with Crippen LogP contribution in [0.2, 0.25) is 0 Å². The summed E-state index contributed by atoms with van der Waals surface area (Å²) in [5.41, 5.74) is 0.148. The van der Waals surface area contributed by atoms with Gasteiger partial charge >= 0.3 is 5.97 Å². The van der Waals surface area contributed by atoms with Crippen molar-refractivity contribution in [3.8, 4) is 0 Å². The predicted octanol–water partition coefficient (Wildman–Crippen LogP) is 2.31. The molecule has 0 radical (unpaired) electrons. The van der Waals surface area contributed by atoms with E-state index in [1.165, 1.54) is 11.8 Å². The van der Waals surface area contributed by atoms with Gasteiger partial charge in [-0.15, -0.1) is 0 Å². The Labute approximate surface area is 118 Å². The zero-order chi connectivity index (χ0) is 14.5. The number of hydrogen-bond donors (Lipinski definition) is 1. The van der Waals surface area contributed by atoms with Gasteiger partial charge in [-0.1, -0.05) is 18.7 Å². The summed E-state index contributed by atoms with van der Waals surface area (Å²) in [4.78, 5) is 16.3. The van der Waals surface area contributed by atoms with Crippen molar-refractivity contribution in [2.45, 2.75) is 45.4 Å². The fourth-order valence-electron chi connectivity index (χ4n) is 1.57. The lowest BCUT2D eigenvalue weighted by molar-refractivity contribution is -0.149. The van der Waals surface area contributed by atoms with Gasteiger partial charge in [0.1, 0.15) is 11.3 Å². The number of likely N-dealkylation sites (N-methyl/N-ethyl adjacent to an activating group) is 1. The molecule has 1 atom stereocenters. The van der Waals surface area contributed by atoms with Crippen LogP contribution in [-0.4, -0.2) is 35.4 Å². The smallest absolute Gasteiger partial charge is 0.326 e. The van der Waals surface area contributed by atoms with Crippen molar-refractivity contribution in [1.82, 2.24) is 10.3 Å². The zero-order valence-corrected chi connectivity index (χ0v) is 13.0. The Morgan fingerprint density at radius 2 is 2.16 bits per heavy atom. The maximum atomic E-state index is 12.0. The van der Waals surface area contributed by atoms with Crippen LogP contribution >= 0.6 is 11.8 Å². The van der Waals surface area contributed by atoms with Crippen molar-refractivity contribution in [2.75, 3.05) is 18.9 Å². The van der Waals surface area contributed by atoms with Crippen LogP contribution in [0.3, 0.4) is 0 Å². The molecule has 108 valence electrons. The van der Waals surface area contributed by atoms with Crippen molar-refractivity contribution in [3.63, 3.8) is 0 Å². The number of esters is 1. The molecule has 1 rings (SSSR count). The lowest BCUT2D eigenvalue weighted by Crippen LogP contribution is -2.52. The fourth-order valence-corrected chi connectivity index (χ4v) is 2.59. The van der Waals surface area contributed by atoms with Gasteiger partial charge in [0.2, 0.25) is 0 Å². The van der Waals surface area contributed by atoms with Crippen LogP contribution in [0.15, 0.2) is 9.64 Å². The summed E-state index contributed by atoms with van der Waals surface area (Å²) in [6.45, 7) is 10.4. The molecular formula is C13H22N2O3S. The Morgan fingerprint density at radius 1 is 1.47 bits per heavy atom. The number of aromatic nitrogens is 1. The Kier molecular flexibility index (Phi) is 5.87. The van der Waals surface area contributed by atoms with Crippen LogP contribution in [-0.2, 0) is 9.53 Å². The number of nitrogens with zero attached hydrogens (tertiary/aromatic N) is 1. The van der Waals surface area contributed by atoms with E-state index >= 15 is 0 Å². The predicted molar refractivity (Wildman–Crippen MR) is 75.4 cm³/mol. The standard InChI is InChI=1S/C13H22N2O3S/c1-6-14-13(5,11(16)17-7-2)8-19-12-15-9(3)10(4)18-12/h14H,6-8H2,1-5H3. The third-order valence-electron chi connectivity index (χ3n) is 2.79. The van der Waals surface area contributed by atoms with E-state index in [1.807, 2.05) is 27.7 Å². The number of nitrogens with one attached hydrogen (secondary N) is 1. The minimum Gasteiger partial charge on any atom is -0.465 e. The Bertz CT molecular complexity index is 414. The first-order valence-corrected chi connectivity index (χ1v) is 7.40. The molecule has 1 heterocycles. The van der Waals surface area contributed by atoms with E-state index < -0.39 is 5.54 Å². The summed E-state index contributed by atoms with van der Waals surface area (Å²) in [7, 11) is 0. The van der Waals surface area contributed by atoms with Crippen LogP contribution < -0.4 is 5.32 Å². The lowest BCUT2D eigenvalue weighted by Gasteiger charge is -2.27. The highest BCUT2D eigenvalue weighted by Crippen LogP contribution is 2.24. The number of rotatable bonds is 7. The second-order valence-electron chi connectivity index (χ2n) is 4.49. The van der Waals surface area contributed by atoms with Gasteiger partial charge in [-0.2, -0.15) is 0 Å². The van der Waals surface area contributed by atoms with Gasteiger partial charge in [-0.05, 0) is 34.2 Å². The van der Waals surface area contributed by atoms with Gasteiger partial charge in [0.15, 0.2) is 0 Å². The van der Waals surface area contributed by atoms with E-state index in [1.54, 1.807) is 6.92 Å². The van der Waals surface area contributed by atoms with Crippen molar-refractivity contribution >= 4 is 17.7 Å². The summed E-state index contributed by atoms with van der Waals surface area (Å²) in [5.74, 6) is 1.08. The Hall–Kier alpha value is -1.01. The van der Waals surface area contributed by atoms with E-state index in [2.05, 4.69) is 10.3 Å². The van der Waals surface area contributed by atoms with Crippen LogP contribution in [0.25, 0.3) is 0 Å². The molecule has 1 N–H and O–H groups in total. The highest BCUT2D eigenvalue weighted by molar-refractivity contribution is 7.99. The molecule has 0 amide bonds. The number of hydrogen-bond acceptors (Lipinski definition) is 6. The van der Waals surface area contributed by atoms with E-state index in [0.29, 0.717) is 24.1 Å². The van der Waals surface area contributed by atoms with Crippen LogP contribution in [0.5, 0.6) is 0 Å². The normalized spacial score (nSPS) is 14.2. The van der Waals surface area contributed by atoms with Gasteiger partial charge in [0.25, 0.3) is 5.22 Å². The second kappa shape index (κ2) is 6.96. The molecular weight excluding hydrogens is 264 g/mol.